The number of hydrogen-bond donors (Lipinski definition) is 0. The highest BCUT2D eigenvalue weighted by atomic mass is 15.1. The van der Waals surface area contributed by atoms with Gasteiger partial charge in [-0.05, 0) is 45.0 Å². The molecule has 1 aliphatic heterocycles. The van der Waals surface area contributed by atoms with Crippen LogP contribution in [0.1, 0.15) is 30.5 Å². The number of likely N-dealkylation sites (tertiary alicyclic amines) is 1. The third-order valence-corrected chi connectivity index (χ3v) is 2.90. The van der Waals surface area contributed by atoms with E-state index in [1.54, 1.807) is 0 Å². The molecule has 1 fully saturated rings. The molecule has 1 saturated heterocycles. The summed E-state index contributed by atoms with van der Waals surface area (Å²) in [6.07, 6.45) is 5.88. The molecule has 0 atom stereocenters. The molecule has 84 valence electrons. The Morgan fingerprint density at radius 1 is 1.25 bits per heavy atom. The minimum absolute atomic E-state index is 0.897. The predicted octanol–water partition coefficient (Wildman–Crippen LogP) is 2.23. The lowest BCUT2D eigenvalue weighted by atomic mass is 10.1. The van der Waals surface area contributed by atoms with E-state index in [2.05, 4.69) is 21.7 Å². The Morgan fingerprint density at radius 2 is 2.06 bits per heavy atom. The van der Waals surface area contributed by atoms with Gasteiger partial charge >= 0.3 is 0 Å². The molecule has 0 N–H and O–H groups in total. The monoisotopic (exact) mass is 214 g/mol. The molecule has 0 radical (unpaired) electrons. The van der Waals surface area contributed by atoms with Gasteiger partial charge in [-0.15, -0.1) is 0 Å². The minimum atomic E-state index is 0.897. The van der Waals surface area contributed by atoms with Crippen molar-refractivity contribution in [2.45, 2.75) is 26.2 Å². The largest absolute Gasteiger partial charge is 0.292 e. The zero-order chi connectivity index (χ0) is 11.2. The van der Waals surface area contributed by atoms with Crippen LogP contribution < -0.4 is 0 Å². The summed E-state index contributed by atoms with van der Waals surface area (Å²) in [7, 11) is 0. The summed E-state index contributed by atoms with van der Waals surface area (Å²) in [4.78, 5) is 6.66. The van der Waals surface area contributed by atoms with E-state index in [1.807, 2.05) is 25.3 Å². The zero-order valence-corrected chi connectivity index (χ0v) is 9.87. The van der Waals surface area contributed by atoms with E-state index in [9.17, 15) is 0 Å². The summed E-state index contributed by atoms with van der Waals surface area (Å²) < 4.78 is 0. The quantitative estimate of drug-likeness (QED) is 0.666. The van der Waals surface area contributed by atoms with E-state index in [1.165, 1.54) is 32.4 Å². The molecule has 0 spiro atoms. The fourth-order valence-corrected chi connectivity index (χ4v) is 1.91. The second-order valence-electron chi connectivity index (χ2n) is 4.33. The number of aromatic nitrogens is 1. The van der Waals surface area contributed by atoms with Crippen LogP contribution in [-0.4, -0.2) is 29.5 Å². The van der Waals surface area contributed by atoms with Crippen LogP contribution in [0.5, 0.6) is 0 Å². The van der Waals surface area contributed by atoms with Crippen molar-refractivity contribution in [2.24, 2.45) is 0 Å². The van der Waals surface area contributed by atoms with Crippen molar-refractivity contribution in [3.8, 4) is 11.8 Å². The first-order valence-corrected chi connectivity index (χ1v) is 5.98. The van der Waals surface area contributed by atoms with E-state index in [-0.39, 0.29) is 0 Å². The number of aryl methyl sites for hydroxylation is 1. The van der Waals surface area contributed by atoms with Gasteiger partial charge in [0.1, 0.15) is 0 Å². The van der Waals surface area contributed by atoms with Gasteiger partial charge in [0.15, 0.2) is 0 Å². The molecule has 2 heteroatoms. The normalized spacial score (nSPS) is 16.6. The fourth-order valence-electron chi connectivity index (χ4n) is 1.91. The molecule has 0 saturated carbocycles. The van der Waals surface area contributed by atoms with Crippen LogP contribution in [0.2, 0.25) is 0 Å². The molecule has 1 aromatic rings. The summed E-state index contributed by atoms with van der Waals surface area (Å²) >= 11 is 0. The third kappa shape index (κ3) is 3.36. The van der Waals surface area contributed by atoms with Crippen LogP contribution in [-0.2, 0) is 0 Å². The summed E-state index contributed by atoms with van der Waals surface area (Å²) in [6.45, 7) is 5.31. The Morgan fingerprint density at radius 3 is 2.75 bits per heavy atom. The minimum Gasteiger partial charge on any atom is -0.292 e. The highest BCUT2D eigenvalue weighted by molar-refractivity contribution is 5.32. The van der Waals surface area contributed by atoms with Crippen molar-refractivity contribution >= 4 is 0 Å². The molecule has 0 amide bonds. The van der Waals surface area contributed by atoms with Gasteiger partial charge in [-0.2, -0.15) is 0 Å². The molecule has 2 rings (SSSR count). The van der Waals surface area contributed by atoms with E-state index in [4.69, 9.17) is 0 Å². The Balaban J connectivity index is 1.87. The molecular formula is C14H18N2. The number of pyridine rings is 1. The average Bonchev–Trinajstić information content (AvgIpc) is 2.33. The van der Waals surface area contributed by atoms with Crippen LogP contribution in [0.3, 0.4) is 0 Å². The van der Waals surface area contributed by atoms with E-state index < -0.39 is 0 Å². The van der Waals surface area contributed by atoms with Crippen molar-refractivity contribution in [1.82, 2.24) is 9.88 Å². The van der Waals surface area contributed by atoms with Gasteiger partial charge in [0.25, 0.3) is 0 Å². The summed E-state index contributed by atoms with van der Waals surface area (Å²) in [5.41, 5.74) is 2.06. The highest BCUT2D eigenvalue weighted by Gasteiger charge is 2.07. The van der Waals surface area contributed by atoms with Gasteiger partial charge in [-0.1, -0.05) is 18.3 Å². The summed E-state index contributed by atoms with van der Waals surface area (Å²) in [5, 5.41) is 0. The van der Waals surface area contributed by atoms with Gasteiger partial charge in [-0.25, -0.2) is 0 Å². The lowest BCUT2D eigenvalue weighted by molar-refractivity contribution is 0.255. The number of rotatable bonds is 1. The fraction of sp³-hybridized carbons (Fsp3) is 0.500. The zero-order valence-electron chi connectivity index (χ0n) is 9.87. The first kappa shape index (κ1) is 11.2. The number of hydrogen-bond acceptors (Lipinski definition) is 2. The first-order chi connectivity index (χ1) is 7.84. The maximum atomic E-state index is 4.23. The molecule has 2 heterocycles. The van der Waals surface area contributed by atoms with Gasteiger partial charge in [-0.3, -0.25) is 9.88 Å². The van der Waals surface area contributed by atoms with E-state index in [0.29, 0.717) is 0 Å². The average molecular weight is 214 g/mol. The van der Waals surface area contributed by atoms with Gasteiger partial charge in [0, 0.05) is 17.5 Å². The van der Waals surface area contributed by atoms with Crippen molar-refractivity contribution in [1.29, 1.82) is 0 Å². The molecule has 2 nitrogen and oxygen atoms in total. The Hall–Kier alpha value is -1.33. The van der Waals surface area contributed by atoms with Crippen LogP contribution in [0.15, 0.2) is 18.3 Å². The summed E-state index contributed by atoms with van der Waals surface area (Å²) in [6, 6.07) is 4.04. The Labute approximate surface area is 97.7 Å². The molecule has 0 aromatic carbocycles. The molecule has 0 aliphatic carbocycles. The van der Waals surface area contributed by atoms with Gasteiger partial charge in [0.05, 0.1) is 6.54 Å². The van der Waals surface area contributed by atoms with Crippen LogP contribution in [0.25, 0.3) is 0 Å². The van der Waals surface area contributed by atoms with Crippen molar-refractivity contribution in [3.05, 3.63) is 29.6 Å². The lowest BCUT2D eigenvalue weighted by Crippen LogP contribution is -2.29. The van der Waals surface area contributed by atoms with Gasteiger partial charge in [0.2, 0.25) is 0 Å². The third-order valence-electron chi connectivity index (χ3n) is 2.90. The Kier molecular flexibility index (Phi) is 3.96. The number of piperidine rings is 1. The smallest absolute Gasteiger partial charge is 0.0605 e. The second kappa shape index (κ2) is 5.67. The van der Waals surface area contributed by atoms with Crippen LogP contribution in [0.4, 0.5) is 0 Å². The predicted molar refractivity (Wildman–Crippen MR) is 66.1 cm³/mol. The van der Waals surface area contributed by atoms with Crippen molar-refractivity contribution < 1.29 is 0 Å². The topological polar surface area (TPSA) is 16.1 Å². The van der Waals surface area contributed by atoms with E-state index >= 15 is 0 Å². The SMILES string of the molecule is Cc1ccc(C#CCN2CCCCC2)cn1. The number of nitrogens with zero attached hydrogens (tertiary/aromatic N) is 2. The Bertz CT molecular complexity index is 377. The maximum Gasteiger partial charge on any atom is 0.0605 e. The molecule has 16 heavy (non-hydrogen) atoms. The standard InChI is InChI=1S/C14H18N2/c1-13-7-8-14(12-15-13)6-5-11-16-9-3-2-4-10-16/h7-8,12H,2-4,9-11H2,1H3. The van der Waals surface area contributed by atoms with Crippen LogP contribution >= 0.6 is 0 Å². The molecule has 1 aromatic heterocycles. The lowest BCUT2D eigenvalue weighted by Gasteiger charge is -2.23. The molecule has 0 bridgehead atoms. The summed E-state index contributed by atoms with van der Waals surface area (Å²) in [5.74, 6) is 6.39. The van der Waals surface area contributed by atoms with Crippen LogP contribution in [0, 0.1) is 18.8 Å². The molecular weight excluding hydrogens is 196 g/mol. The maximum absolute atomic E-state index is 4.23. The molecule has 0 unspecified atom stereocenters. The first-order valence-electron chi connectivity index (χ1n) is 5.98. The van der Waals surface area contributed by atoms with Gasteiger partial charge < -0.3 is 0 Å². The molecule has 1 aliphatic rings. The van der Waals surface area contributed by atoms with E-state index in [0.717, 1.165) is 17.8 Å². The van der Waals surface area contributed by atoms with Crippen molar-refractivity contribution in [2.75, 3.05) is 19.6 Å². The van der Waals surface area contributed by atoms with Crippen molar-refractivity contribution in [3.63, 3.8) is 0 Å². The highest BCUT2D eigenvalue weighted by Crippen LogP contribution is 2.07. The second-order valence-corrected chi connectivity index (χ2v) is 4.33.